The van der Waals surface area contributed by atoms with E-state index in [4.69, 9.17) is 11.6 Å². The van der Waals surface area contributed by atoms with E-state index in [9.17, 15) is 18.9 Å². The Morgan fingerprint density at radius 2 is 1.86 bits per heavy atom. The monoisotopic (exact) mass is 312 g/mol. The van der Waals surface area contributed by atoms with Crippen molar-refractivity contribution in [2.45, 2.75) is 13.0 Å². The number of nitrogens with zero attached hydrogens (tertiary/aromatic N) is 1. The van der Waals surface area contributed by atoms with Crippen molar-refractivity contribution in [1.82, 2.24) is 0 Å². The summed E-state index contributed by atoms with van der Waals surface area (Å²) in [6.07, 6.45) is 0. The van der Waals surface area contributed by atoms with E-state index in [0.29, 0.717) is 5.69 Å². The van der Waals surface area contributed by atoms with Gasteiger partial charge in [-0.25, -0.2) is 8.78 Å². The van der Waals surface area contributed by atoms with Crippen molar-refractivity contribution in [1.29, 1.82) is 0 Å². The second-order valence-corrected chi connectivity index (χ2v) is 4.83. The zero-order valence-electron chi connectivity index (χ0n) is 10.9. The van der Waals surface area contributed by atoms with Crippen molar-refractivity contribution < 1.29 is 13.7 Å². The summed E-state index contributed by atoms with van der Waals surface area (Å²) >= 11 is 5.79. The van der Waals surface area contributed by atoms with Crippen LogP contribution < -0.4 is 5.32 Å². The van der Waals surface area contributed by atoms with Gasteiger partial charge in [-0.2, -0.15) is 0 Å². The van der Waals surface area contributed by atoms with Crippen molar-refractivity contribution in [2.24, 2.45) is 0 Å². The molecule has 0 aliphatic carbocycles. The van der Waals surface area contributed by atoms with Gasteiger partial charge >= 0.3 is 0 Å². The van der Waals surface area contributed by atoms with Crippen LogP contribution in [-0.4, -0.2) is 4.92 Å². The van der Waals surface area contributed by atoms with E-state index in [1.165, 1.54) is 36.4 Å². The van der Waals surface area contributed by atoms with Crippen molar-refractivity contribution >= 4 is 23.0 Å². The van der Waals surface area contributed by atoms with Crippen LogP contribution in [0.1, 0.15) is 18.5 Å². The fourth-order valence-corrected chi connectivity index (χ4v) is 2.24. The zero-order chi connectivity index (χ0) is 15.6. The summed E-state index contributed by atoms with van der Waals surface area (Å²) in [4.78, 5) is 10.1. The van der Waals surface area contributed by atoms with E-state index in [1.54, 1.807) is 6.92 Å². The summed E-state index contributed by atoms with van der Waals surface area (Å²) in [7, 11) is 0. The number of nitro groups is 1. The van der Waals surface area contributed by atoms with Crippen LogP contribution in [0.5, 0.6) is 0 Å². The first kappa shape index (κ1) is 15.2. The predicted octanol–water partition coefficient (Wildman–Crippen LogP) is 4.70. The minimum absolute atomic E-state index is 0.0498. The van der Waals surface area contributed by atoms with Crippen LogP contribution in [0.15, 0.2) is 36.4 Å². The van der Waals surface area contributed by atoms with Crippen LogP contribution in [-0.2, 0) is 0 Å². The Morgan fingerprint density at radius 1 is 1.24 bits per heavy atom. The van der Waals surface area contributed by atoms with E-state index in [-0.39, 0.29) is 16.3 Å². The van der Waals surface area contributed by atoms with Gasteiger partial charge < -0.3 is 5.32 Å². The van der Waals surface area contributed by atoms with Gasteiger partial charge in [0.25, 0.3) is 5.69 Å². The van der Waals surface area contributed by atoms with E-state index < -0.39 is 22.6 Å². The maximum Gasteiger partial charge on any atom is 0.288 e. The third kappa shape index (κ3) is 3.28. The second kappa shape index (κ2) is 6.05. The number of anilines is 1. The third-order valence-corrected chi connectivity index (χ3v) is 3.26. The molecule has 0 spiro atoms. The van der Waals surface area contributed by atoms with Gasteiger partial charge in [0.2, 0.25) is 0 Å². The molecule has 1 unspecified atom stereocenters. The van der Waals surface area contributed by atoms with Gasteiger partial charge in [-0.15, -0.1) is 0 Å². The molecule has 2 aromatic carbocycles. The topological polar surface area (TPSA) is 55.2 Å². The van der Waals surface area contributed by atoms with Crippen molar-refractivity contribution in [3.8, 4) is 0 Å². The first-order valence-electron chi connectivity index (χ1n) is 6.04. The number of benzene rings is 2. The number of nitro benzene ring substituents is 1. The van der Waals surface area contributed by atoms with Gasteiger partial charge in [-0.05, 0) is 31.2 Å². The van der Waals surface area contributed by atoms with Crippen molar-refractivity contribution in [3.05, 3.63) is 68.7 Å². The molecule has 7 heteroatoms. The summed E-state index contributed by atoms with van der Waals surface area (Å²) in [5.41, 5.74) is 0.0969. The predicted molar refractivity (Wildman–Crippen MR) is 76.5 cm³/mol. The lowest BCUT2D eigenvalue weighted by atomic mass is 10.1. The quantitative estimate of drug-likeness (QED) is 0.657. The Labute approximate surface area is 124 Å². The Hall–Kier alpha value is -2.21. The molecule has 0 radical (unpaired) electrons. The molecule has 0 fully saturated rings. The molecule has 2 rings (SSSR count). The van der Waals surface area contributed by atoms with E-state index in [2.05, 4.69) is 5.32 Å². The highest BCUT2D eigenvalue weighted by Crippen LogP contribution is 2.30. The van der Waals surface area contributed by atoms with Crippen LogP contribution in [0.25, 0.3) is 0 Å². The molecule has 0 bridgehead atoms. The molecular formula is C14H11ClF2N2O2. The number of rotatable bonds is 4. The summed E-state index contributed by atoms with van der Waals surface area (Å²) in [5.74, 6) is -1.33. The van der Waals surface area contributed by atoms with Crippen molar-refractivity contribution in [3.63, 3.8) is 0 Å². The lowest BCUT2D eigenvalue weighted by Crippen LogP contribution is -2.11. The SMILES string of the molecule is CC(Nc1ccc([N+](=O)[O-])c(Cl)c1)c1c(F)cccc1F. The molecule has 0 aliphatic heterocycles. The molecule has 0 aliphatic rings. The minimum atomic E-state index is -0.664. The molecule has 4 nitrogen and oxygen atoms in total. The van der Waals surface area contributed by atoms with Crippen LogP contribution in [0.3, 0.4) is 0 Å². The standard InChI is InChI=1S/C14H11ClF2N2O2/c1-8(14-11(16)3-2-4-12(14)17)18-9-5-6-13(19(20)21)10(15)7-9/h2-8,18H,1H3. The number of halogens is 3. The summed E-state index contributed by atoms with van der Waals surface area (Å²) in [6, 6.07) is 6.95. The third-order valence-electron chi connectivity index (χ3n) is 2.96. The normalized spacial score (nSPS) is 12.0. The molecule has 0 heterocycles. The molecule has 1 N–H and O–H groups in total. The first-order chi connectivity index (χ1) is 9.90. The number of hydrogen-bond acceptors (Lipinski definition) is 3. The van der Waals surface area contributed by atoms with Gasteiger partial charge in [0.1, 0.15) is 16.7 Å². The van der Waals surface area contributed by atoms with Crippen LogP contribution in [0.2, 0.25) is 5.02 Å². The van der Waals surface area contributed by atoms with Gasteiger partial charge in [0.05, 0.1) is 11.0 Å². The molecule has 0 saturated carbocycles. The first-order valence-corrected chi connectivity index (χ1v) is 6.42. The molecule has 0 amide bonds. The van der Waals surface area contributed by atoms with Gasteiger partial charge in [0, 0.05) is 17.3 Å². The molecule has 110 valence electrons. The molecule has 0 aromatic heterocycles. The maximum atomic E-state index is 13.7. The Bertz CT molecular complexity index is 674. The molecular weight excluding hydrogens is 302 g/mol. The Kier molecular flexibility index (Phi) is 4.37. The van der Waals surface area contributed by atoms with Gasteiger partial charge in [0.15, 0.2) is 0 Å². The highest BCUT2D eigenvalue weighted by molar-refractivity contribution is 6.32. The fraction of sp³-hybridized carbons (Fsp3) is 0.143. The minimum Gasteiger partial charge on any atom is -0.378 e. The molecule has 0 saturated heterocycles. The van der Waals surface area contributed by atoms with Crippen LogP contribution >= 0.6 is 11.6 Å². The summed E-state index contributed by atoms with van der Waals surface area (Å²) in [6.45, 7) is 1.58. The molecule has 2 aromatic rings. The average molecular weight is 313 g/mol. The van der Waals surface area contributed by atoms with Gasteiger partial charge in [-0.3, -0.25) is 10.1 Å². The smallest absolute Gasteiger partial charge is 0.288 e. The van der Waals surface area contributed by atoms with E-state index in [1.807, 2.05) is 0 Å². The second-order valence-electron chi connectivity index (χ2n) is 4.42. The molecule has 21 heavy (non-hydrogen) atoms. The lowest BCUT2D eigenvalue weighted by molar-refractivity contribution is -0.384. The van der Waals surface area contributed by atoms with Crippen LogP contribution in [0, 0.1) is 21.7 Å². The summed E-state index contributed by atoms with van der Waals surface area (Å²) in [5, 5.41) is 13.5. The molecule has 1 atom stereocenters. The van der Waals surface area contributed by atoms with E-state index >= 15 is 0 Å². The highest BCUT2D eigenvalue weighted by atomic mass is 35.5. The Morgan fingerprint density at radius 3 is 2.38 bits per heavy atom. The zero-order valence-corrected chi connectivity index (χ0v) is 11.7. The Balaban J connectivity index is 2.26. The lowest BCUT2D eigenvalue weighted by Gasteiger charge is -2.17. The van der Waals surface area contributed by atoms with Crippen molar-refractivity contribution in [2.75, 3.05) is 5.32 Å². The number of hydrogen-bond donors (Lipinski definition) is 1. The van der Waals surface area contributed by atoms with E-state index in [0.717, 1.165) is 0 Å². The summed E-state index contributed by atoms with van der Waals surface area (Å²) < 4.78 is 27.3. The van der Waals surface area contributed by atoms with Crippen LogP contribution in [0.4, 0.5) is 20.2 Å². The maximum absolute atomic E-state index is 13.7. The fourth-order valence-electron chi connectivity index (χ4n) is 1.99. The highest BCUT2D eigenvalue weighted by Gasteiger charge is 2.17. The van der Waals surface area contributed by atoms with Gasteiger partial charge in [-0.1, -0.05) is 17.7 Å². The largest absolute Gasteiger partial charge is 0.378 e. The average Bonchev–Trinajstić information content (AvgIpc) is 2.37. The number of nitrogens with one attached hydrogen (secondary N) is 1.